The predicted molar refractivity (Wildman–Crippen MR) is 69.3 cm³/mol. The molecule has 0 aromatic rings. The van der Waals surface area contributed by atoms with E-state index in [4.69, 9.17) is 0 Å². The average molecular weight is 214 g/mol. The van der Waals surface area contributed by atoms with Crippen molar-refractivity contribution < 1.29 is 0 Å². The Bertz CT molecular complexity index is 132. The molecule has 2 unspecified atom stereocenters. The summed E-state index contributed by atoms with van der Waals surface area (Å²) in [6.07, 6.45) is 2.59. The van der Waals surface area contributed by atoms with E-state index in [1.54, 1.807) is 0 Å². The second kappa shape index (κ2) is 9.17. The van der Waals surface area contributed by atoms with E-state index in [0.29, 0.717) is 6.04 Å². The van der Waals surface area contributed by atoms with Gasteiger partial charge < -0.3 is 10.2 Å². The zero-order chi connectivity index (χ0) is 11.7. The SMILES string of the molecule is CCC(C)CC(C)NCCN(CC)CC. The van der Waals surface area contributed by atoms with Crippen molar-refractivity contribution in [2.24, 2.45) is 5.92 Å². The monoisotopic (exact) mass is 214 g/mol. The molecule has 0 saturated heterocycles. The summed E-state index contributed by atoms with van der Waals surface area (Å²) in [5.41, 5.74) is 0. The van der Waals surface area contributed by atoms with Crippen molar-refractivity contribution in [3.63, 3.8) is 0 Å². The minimum atomic E-state index is 0.663. The van der Waals surface area contributed by atoms with Crippen LogP contribution in [0.25, 0.3) is 0 Å². The van der Waals surface area contributed by atoms with E-state index < -0.39 is 0 Å². The zero-order valence-corrected chi connectivity index (χ0v) is 11.3. The Morgan fingerprint density at radius 3 is 2.13 bits per heavy atom. The third kappa shape index (κ3) is 7.80. The fourth-order valence-electron chi connectivity index (χ4n) is 1.86. The Hall–Kier alpha value is -0.0800. The van der Waals surface area contributed by atoms with Crippen LogP contribution in [0.15, 0.2) is 0 Å². The summed E-state index contributed by atoms with van der Waals surface area (Å²) in [5.74, 6) is 0.848. The fraction of sp³-hybridized carbons (Fsp3) is 1.00. The topological polar surface area (TPSA) is 15.3 Å². The molecule has 0 aromatic carbocycles. The van der Waals surface area contributed by atoms with Crippen molar-refractivity contribution in [2.75, 3.05) is 26.2 Å². The van der Waals surface area contributed by atoms with E-state index in [1.165, 1.54) is 19.4 Å². The van der Waals surface area contributed by atoms with Gasteiger partial charge in [0.05, 0.1) is 0 Å². The van der Waals surface area contributed by atoms with Crippen LogP contribution in [0.5, 0.6) is 0 Å². The van der Waals surface area contributed by atoms with Crippen LogP contribution in [-0.2, 0) is 0 Å². The number of nitrogens with one attached hydrogen (secondary N) is 1. The summed E-state index contributed by atoms with van der Waals surface area (Å²) < 4.78 is 0. The Morgan fingerprint density at radius 2 is 1.67 bits per heavy atom. The summed E-state index contributed by atoms with van der Waals surface area (Å²) in [5, 5.41) is 3.61. The van der Waals surface area contributed by atoms with Gasteiger partial charge in [-0.25, -0.2) is 0 Å². The van der Waals surface area contributed by atoms with Crippen molar-refractivity contribution in [3.05, 3.63) is 0 Å². The number of likely N-dealkylation sites (N-methyl/N-ethyl adjacent to an activating group) is 1. The van der Waals surface area contributed by atoms with E-state index in [1.807, 2.05) is 0 Å². The molecule has 0 saturated carbocycles. The van der Waals surface area contributed by atoms with Gasteiger partial charge in [-0.3, -0.25) is 0 Å². The van der Waals surface area contributed by atoms with E-state index >= 15 is 0 Å². The number of rotatable bonds is 9. The minimum absolute atomic E-state index is 0.663. The van der Waals surface area contributed by atoms with Gasteiger partial charge in [0, 0.05) is 19.1 Å². The highest BCUT2D eigenvalue weighted by molar-refractivity contribution is 4.65. The smallest absolute Gasteiger partial charge is 0.0107 e. The van der Waals surface area contributed by atoms with Gasteiger partial charge >= 0.3 is 0 Å². The molecule has 2 nitrogen and oxygen atoms in total. The van der Waals surface area contributed by atoms with Crippen LogP contribution >= 0.6 is 0 Å². The number of hydrogen-bond acceptors (Lipinski definition) is 2. The minimum Gasteiger partial charge on any atom is -0.313 e. The quantitative estimate of drug-likeness (QED) is 0.635. The molecule has 0 spiro atoms. The van der Waals surface area contributed by atoms with Crippen LogP contribution in [0, 0.1) is 5.92 Å². The summed E-state index contributed by atoms with van der Waals surface area (Å²) in [7, 11) is 0. The van der Waals surface area contributed by atoms with Crippen molar-refractivity contribution in [1.82, 2.24) is 10.2 Å². The van der Waals surface area contributed by atoms with E-state index in [0.717, 1.165) is 25.6 Å². The van der Waals surface area contributed by atoms with Crippen LogP contribution in [-0.4, -0.2) is 37.1 Å². The lowest BCUT2D eigenvalue weighted by Gasteiger charge is -2.21. The first-order valence-corrected chi connectivity index (χ1v) is 6.59. The van der Waals surface area contributed by atoms with Gasteiger partial charge in [-0.1, -0.05) is 34.1 Å². The molecule has 0 radical (unpaired) electrons. The molecule has 1 N–H and O–H groups in total. The largest absolute Gasteiger partial charge is 0.313 e. The lowest BCUT2D eigenvalue weighted by molar-refractivity contribution is 0.292. The van der Waals surface area contributed by atoms with Crippen molar-refractivity contribution >= 4 is 0 Å². The normalized spacial score (nSPS) is 15.6. The number of nitrogens with zero attached hydrogens (tertiary/aromatic N) is 1. The molecular formula is C13H30N2. The van der Waals surface area contributed by atoms with Gasteiger partial charge in [0.1, 0.15) is 0 Å². The highest BCUT2D eigenvalue weighted by Crippen LogP contribution is 2.08. The van der Waals surface area contributed by atoms with Crippen LogP contribution in [0.4, 0.5) is 0 Å². The molecule has 0 rings (SSSR count). The fourth-order valence-corrected chi connectivity index (χ4v) is 1.86. The lowest BCUT2D eigenvalue weighted by atomic mass is 10.0. The summed E-state index contributed by atoms with van der Waals surface area (Å²) >= 11 is 0. The third-order valence-corrected chi connectivity index (χ3v) is 3.27. The Labute approximate surface area is 96.4 Å². The second-order valence-corrected chi connectivity index (χ2v) is 4.63. The van der Waals surface area contributed by atoms with Crippen molar-refractivity contribution in [1.29, 1.82) is 0 Å². The molecule has 0 aliphatic carbocycles. The van der Waals surface area contributed by atoms with Crippen LogP contribution in [0.2, 0.25) is 0 Å². The molecule has 0 aliphatic rings. The first kappa shape index (κ1) is 14.9. The molecule has 0 aromatic heterocycles. The maximum absolute atomic E-state index is 3.61. The highest BCUT2D eigenvalue weighted by Gasteiger charge is 2.06. The van der Waals surface area contributed by atoms with Crippen LogP contribution in [0.1, 0.15) is 47.5 Å². The highest BCUT2D eigenvalue weighted by atomic mass is 15.1. The van der Waals surface area contributed by atoms with Gasteiger partial charge in [0.15, 0.2) is 0 Å². The Kier molecular flexibility index (Phi) is 9.12. The summed E-state index contributed by atoms with van der Waals surface area (Å²) in [6.45, 7) is 16.0. The molecule has 0 heterocycles. The maximum Gasteiger partial charge on any atom is 0.0107 e. The molecule has 92 valence electrons. The molecule has 0 fully saturated rings. The van der Waals surface area contributed by atoms with Crippen LogP contribution < -0.4 is 5.32 Å². The summed E-state index contributed by atoms with van der Waals surface area (Å²) in [6, 6.07) is 0.663. The zero-order valence-electron chi connectivity index (χ0n) is 11.3. The van der Waals surface area contributed by atoms with E-state index in [2.05, 4.69) is 44.8 Å². The maximum atomic E-state index is 3.61. The van der Waals surface area contributed by atoms with E-state index in [-0.39, 0.29) is 0 Å². The molecule has 2 atom stereocenters. The average Bonchev–Trinajstić information content (AvgIpc) is 2.24. The second-order valence-electron chi connectivity index (χ2n) is 4.63. The Morgan fingerprint density at radius 1 is 1.07 bits per heavy atom. The predicted octanol–water partition coefficient (Wildman–Crippen LogP) is 2.74. The van der Waals surface area contributed by atoms with Crippen LogP contribution in [0.3, 0.4) is 0 Å². The summed E-state index contributed by atoms with van der Waals surface area (Å²) in [4.78, 5) is 2.46. The van der Waals surface area contributed by atoms with Gasteiger partial charge in [-0.2, -0.15) is 0 Å². The molecule has 15 heavy (non-hydrogen) atoms. The van der Waals surface area contributed by atoms with Crippen molar-refractivity contribution in [2.45, 2.75) is 53.5 Å². The molecule has 0 amide bonds. The molecule has 2 heteroatoms. The van der Waals surface area contributed by atoms with Gasteiger partial charge in [-0.15, -0.1) is 0 Å². The lowest BCUT2D eigenvalue weighted by Crippen LogP contribution is -2.36. The van der Waals surface area contributed by atoms with Gasteiger partial charge in [-0.05, 0) is 32.4 Å². The van der Waals surface area contributed by atoms with Gasteiger partial charge in [0.25, 0.3) is 0 Å². The third-order valence-electron chi connectivity index (χ3n) is 3.27. The molecule has 0 bridgehead atoms. The first-order valence-electron chi connectivity index (χ1n) is 6.59. The molecule has 0 aliphatic heterocycles. The molecular weight excluding hydrogens is 184 g/mol. The van der Waals surface area contributed by atoms with Gasteiger partial charge in [0.2, 0.25) is 0 Å². The van der Waals surface area contributed by atoms with E-state index in [9.17, 15) is 0 Å². The first-order chi connectivity index (χ1) is 7.13. The number of hydrogen-bond donors (Lipinski definition) is 1. The Balaban J connectivity index is 3.49. The van der Waals surface area contributed by atoms with Crippen molar-refractivity contribution in [3.8, 4) is 0 Å². The standard InChI is InChI=1S/C13H30N2/c1-6-12(4)11-13(5)14-9-10-15(7-2)8-3/h12-14H,6-11H2,1-5H3.